The third-order valence-corrected chi connectivity index (χ3v) is 2.37. The van der Waals surface area contributed by atoms with Gasteiger partial charge in [-0.15, -0.1) is 0 Å². The van der Waals surface area contributed by atoms with E-state index in [2.05, 4.69) is 0 Å². The molecule has 0 unspecified atom stereocenters. The Labute approximate surface area is 123 Å². The summed E-state index contributed by atoms with van der Waals surface area (Å²) >= 11 is 0. The molecule has 1 rings (SSSR count). The van der Waals surface area contributed by atoms with Gasteiger partial charge in [0.15, 0.2) is 5.69 Å². The first kappa shape index (κ1) is 20.0. The Morgan fingerprint density at radius 3 is 1.50 bits per heavy atom. The molecule has 14 heteroatoms. The van der Waals surface area contributed by atoms with Crippen molar-refractivity contribution in [2.45, 2.75) is 24.7 Å². The van der Waals surface area contributed by atoms with E-state index < -0.39 is 59.1 Å². The molecule has 0 aromatic carbocycles. The second-order valence-corrected chi connectivity index (χ2v) is 4.10. The molecule has 1 heterocycles. The average molecular weight is 379 g/mol. The van der Waals surface area contributed by atoms with E-state index in [1.807, 2.05) is 0 Å². The largest absolute Gasteiger partial charge is 0.454 e. The monoisotopic (exact) mass is 379 g/mol. The average Bonchev–Trinajstić information content (AvgIpc) is 2.31. The molecule has 0 aliphatic rings. The summed E-state index contributed by atoms with van der Waals surface area (Å²) in [5.74, 6) is -3.62. The molecule has 0 aliphatic carbocycles. The number of halogens is 12. The van der Waals surface area contributed by atoms with Crippen LogP contribution in [0.25, 0.3) is 0 Å². The molecule has 0 spiro atoms. The maximum absolute atomic E-state index is 12.7. The fraction of sp³-hybridized carbons (Fsp3) is 0.400. The Hall–Kier alpha value is -2.02. The lowest BCUT2D eigenvalue weighted by atomic mass is 9.99. The second kappa shape index (κ2) is 5.51. The van der Waals surface area contributed by atoms with Gasteiger partial charge in [-0.1, -0.05) is 0 Å². The first-order chi connectivity index (χ1) is 10.4. The molecule has 1 aromatic heterocycles. The van der Waals surface area contributed by atoms with Crippen LogP contribution in [0.15, 0.2) is 6.07 Å². The van der Waals surface area contributed by atoms with Gasteiger partial charge in [0.2, 0.25) is 0 Å². The number of carbonyl (C=O) groups is 1. The predicted molar refractivity (Wildman–Crippen MR) is 49.6 cm³/mol. The van der Waals surface area contributed by atoms with Crippen molar-refractivity contribution < 1.29 is 57.5 Å². The standard InChI is InChI=1S/C10HF12NO/c11-7(12,13)2-1-3(8(14,15)16)23-5(9(17,18)19)4(2)6(24)10(20,21)22/h1H. The number of hydrogen-bond acceptors (Lipinski definition) is 2. The van der Waals surface area contributed by atoms with Gasteiger partial charge in [-0.05, 0) is 6.07 Å². The molecule has 1 aromatic rings. The van der Waals surface area contributed by atoms with Gasteiger partial charge in [-0.25, -0.2) is 4.98 Å². The zero-order valence-electron chi connectivity index (χ0n) is 10.5. The smallest absolute Gasteiger partial charge is 0.284 e. The molecule has 0 fully saturated rings. The van der Waals surface area contributed by atoms with Crippen LogP contribution in [-0.2, 0) is 18.5 Å². The van der Waals surface area contributed by atoms with Crippen molar-refractivity contribution in [2.24, 2.45) is 0 Å². The highest BCUT2D eigenvalue weighted by molar-refractivity contribution is 6.02. The molecule has 0 atom stereocenters. The topological polar surface area (TPSA) is 30.0 Å². The number of alkyl halides is 12. The number of hydrogen-bond donors (Lipinski definition) is 0. The lowest BCUT2D eigenvalue weighted by Gasteiger charge is -2.20. The summed E-state index contributed by atoms with van der Waals surface area (Å²) in [6.45, 7) is 0. The van der Waals surface area contributed by atoms with Gasteiger partial charge < -0.3 is 0 Å². The normalized spacial score (nSPS) is 14.0. The van der Waals surface area contributed by atoms with Crippen LogP contribution in [0.5, 0.6) is 0 Å². The van der Waals surface area contributed by atoms with Crippen LogP contribution < -0.4 is 0 Å². The molecular formula is C10HF12NO. The van der Waals surface area contributed by atoms with Crippen LogP contribution in [0.3, 0.4) is 0 Å². The van der Waals surface area contributed by atoms with Crippen molar-refractivity contribution in [1.82, 2.24) is 4.98 Å². The summed E-state index contributed by atoms with van der Waals surface area (Å²) < 4.78 is 150. The maximum atomic E-state index is 12.7. The van der Waals surface area contributed by atoms with Gasteiger partial charge in [0.05, 0.1) is 11.1 Å². The summed E-state index contributed by atoms with van der Waals surface area (Å²) in [5.41, 5.74) is -12.1. The van der Waals surface area contributed by atoms with Crippen LogP contribution in [0, 0.1) is 0 Å². The van der Waals surface area contributed by atoms with Crippen molar-refractivity contribution in [3.05, 3.63) is 28.6 Å². The molecule has 0 saturated heterocycles. The predicted octanol–water partition coefficient (Wildman–Crippen LogP) is 4.88. The lowest BCUT2D eigenvalue weighted by molar-refractivity contribution is -0.155. The summed E-state index contributed by atoms with van der Waals surface area (Å²) in [7, 11) is 0. The lowest BCUT2D eigenvalue weighted by Crippen LogP contribution is -2.31. The van der Waals surface area contributed by atoms with Crippen molar-refractivity contribution in [1.29, 1.82) is 0 Å². The van der Waals surface area contributed by atoms with Crippen LogP contribution in [0.1, 0.15) is 27.3 Å². The van der Waals surface area contributed by atoms with Crippen molar-refractivity contribution >= 4 is 5.78 Å². The van der Waals surface area contributed by atoms with Gasteiger partial charge in [0, 0.05) is 0 Å². The molecule has 0 radical (unpaired) electrons. The van der Waals surface area contributed by atoms with E-state index in [9.17, 15) is 57.5 Å². The highest BCUT2D eigenvalue weighted by Gasteiger charge is 2.52. The zero-order valence-corrected chi connectivity index (χ0v) is 10.5. The first-order valence-electron chi connectivity index (χ1n) is 5.25. The minimum atomic E-state index is -6.21. The quantitative estimate of drug-likeness (QED) is 0.514. The van der Waals surface area contributed by atoms with E-state index in [4.69, 9.17) is 0 Å². The fourth-order valence-corrected chi connectivity index (χ4v) is 1.49. The summed E-state index contributed by atoms with van der Waals surface area (Å²) in [6, 6.07) is -1.09. The molecule has 24 heavy (non-hydrogen) atoms. The molecule has 0 saturated carbocycles. The number of carbonyl (C=O) groups excluding carboxylic acids is 1. The highest BCUT2D eigenvalue weighted by atomic mass is 19.4. The number of ketones is 1. The molecule has 136 valence electrons. The second-order valence-electron chi connectivity index (χ2n) is 4.10. The van der Waals surface area contributed by atoms with Crippen LogP contribution in [0.4, 0.5) is 52.7 Å². The van der Waals surface area contributed by atoms with E-state index >= 15 is 0 Å². The number of pyridine rings is 1. The molecule has 0 N–H and O–H groups in total. The zero-order chi connectivity index (χ0) is 19.3. The maximum Gasteiger partial charge on any atom is 0.454 e. The molecule has 2 nitrogen and oxygen atoms in total. The van der Waals surface area contributed by atoms with Gasteiger partial charge in [-0.2, -0.15) is 52.7 Å². The summed E-state index contributed by atoms with van der Waals surface area (Å²) in [5, 5.41) is 0. The Morgan fingerprint density at radius 2 is 1.21 bits per heavy atom. The van der Waals surface area contributed by atoms with Crippen LogP contribution in [-0.4, -0.2) is 16.9 Å². The Balaban J connectivity index is 4.00. The fourth-order valence-electron chi connectivity index (χ4n) is 1.49. The SMILES string of the molecule is O=C(c1c(C(F)(F)F)cc(C(F)(F)F)nc1C(F)(F)F)C(F)(F)F. The first-order valence-corrected chi connectivity index (χ1v) is 5.25. The van der Waals surface area contributed by atoms with E-state index in [0.29, 0.717) is 0 Å². The van der Waals surface area contributed by atoms with Crippen molar-refractivity contribution in [3.8, 4) is 0 Å². The number of Topliss-reactive ketones (excluding diaryl/α,β-unsaturated/α-hetero) is 1. The molecule has 0 bridgehead atoms. The number of rotatable bonds is 1. The summed E-state index contributed by atoms with van der Waals surface area (Å²) in [6.07, 6.45) is -24.3. The number of aromatic nitrogens is 1. The van der Waals surface area contributed by atoms with Gasteiger partial charge in [-0.3, -0.25) is 4.79 Å². The van der Waals surface area contributed by atoms with Crippen molar-refractivity contribution in [3.63, 3.8) is 0 Å². The van der Waals surface area contributed by atoms with E-state index in [1.54, 1.807) is 4.98 Å². The third kappa shape index (κ3) is 4.08. The molecule has 0 aliphatic heterocycles. The Kier molecular flexibility index (Phi) is 4.60. The van der Waals surface area contributed by atoms with Gasteiger partial charge >= 0.3 is 24.7 Å². The summed E-state index contributed by atoms with van der Waals surface area (Å²) in [4.78, 5) is 12.7. The minimum Gasteiger partial charge on any atom is -0.284 e. The Morgan fingerprint density at radius 1 is 0.750 bits per heavy atom. The van der Waals surface area contributed by atoms with Crippen molar-refractivity contribution in [2.75, 3.05) is 0 Å². The van der Waals surface area contributed by atoms with E-state index in [-0.39, 0.29) is 0 Å². The van der Waals surface area contributed by atoms with Crippen LogP contribution >= 0.6 is 0 Å². The van der Waals surface area contributed by atoms with E-state index in [0.717, 1.165) is 0 Å². The molecule has 0 amide bonds. The third-order valence-electron chi connectivity index (χ3n) is 2.37. The minimum absolute atomic E-state index is 1.09. The number of nitrogens with zero attached hydrogens (tertiary/aromatic N) is 1. The Bertz CT molecular complexity index is 613. The van der Waals surface area contributed by atoms with Crippen LogP contribution in [0.2, 0.25) is 0 Å². The van der Waals surface area contributed by atoms with E-state index in [1.165, 1.54) is 0 Å². The van der Waals surface area contributed by atoms with Gasteiger partial charge in [0.25, 0.3) is 5.78 Å². The van der Waals surface area contributed by atoms with Gasteiger partial charge in [0.1, 0.15) is 5.69 Å². The highest BCUT2D eigenvalue weighted by Crippen LogP contribution is 2.43. The molecular weight excluding hydrogens is 378 g/mol.